The van der Waals surface area contributed by atoms with Gasteiger partial charge in [0.15, 0.2) is 0 Å². The highest BCUT2D eigenvalue weighted by Gasteiger charge is 2.03. The minimum atomic E-state index is -0.913. The van der Waals surface area contributed by atoms with Crippen molar-refractivity contribution in [1.82, 2.24) is 9.55 Å². The molecule has 0 bridgehead atoms. The van der Waals surface area contributed by atoms with Gasteiger partial charge in [-0.25, -0.2) is 9.78 Å². The van der Waals surface area contributed by atoms with Crippen molar-refractivity contribution in [3.05, 3.63) is 48.0 Å². The average molecular weight is 202 g/mol. The van der Waals surface area contributed by atoms with Crippen LogP contribution in [0, 0.1) is 6.92 Å². The van der Waals surface area contributed by atoms with Gasteiger partial charge < -0.3 is 9.67 Å². The summed E-state index contributed by atoms with van der Waals surface area (Å²) < 4.78 is 1.89. The number of carboxylic acid groups (broad SMARTS) is 1. The minimum Gasteiger partial charge on any atom is -0.478 e. The molecule has 0 amide bonds. The molecule has 1 N–H and O–H groups in total. The molecule has 0 aliphatic heterocycles. The Labute approximate surface area is 86.8 Å². The van der Waals surface area contributed by atoms with Crippen LogP contribution in [0.2, 0.25) is 0 Å². The van der Waals surface area contributed by atoms with Crippen molar-refractivity contribution in [2.45, 2.75) is 6.92 Å². The van der Waals surface area contributed by atoms with Gasteiger partial charge in [0.2, 0.25) is 0 Å². The zero-order chi connectivity index (χ0) is 10.8. The summed E-state index contributed by atoms with van der Waals surface area (Å²) >= 11 is 0. The molecule has 0 unspecified atom stereocenters. The summed E-state index contributed by atoms with van der Waals surface area (Å²) in [5, 5.41) is 8.74. The SMILES string of the molecule is Cc1nccn1-c1ccc(C(=O)O)cc1. The maximum Gasteiger partial charge on any atom is 0.335 e. The molecular weight excluding hydrogens is 192 g/mol. The number of nitrogens with zero attached hydrogens (tertiary/aromatic N) is 2. The Morgan fingerprint density at radius 1 is 1.33 bits per heavy atom. The monoisotopic (exact) mass is 202 g/mol. The number of carbonyl (C=O) groups is 1. The largest absolute Gasteiger partial charge is 0.478 e. The lowest BCUT2D eigenvalue weighted by atomic mass is 10.2. The van der Waals surface area contributed by atoms with E-state index in [9.17, 15) is 4.79 Å². The van der Waals surface area contributed by atoms with Crippen LogP contribution in [0.5, 0.6) is 0 Å². The fourth-order valence-electron chi connectivity index (χ4n) is 1.42. The van der Waals surface area contributed by atoms with Crippen molar-refractivity contribution in [2.75, 3.05) is 0 Å². The standard InChI is InChI=1S/C11H10N2O2/c1-8-12-6-7-13(8)10-4-2-9(3-5-10)11(14)15/h2-7H,1H3,(H,14,15). The van der Waals surface area contributed by atoms with E-state index >= 15 is 0 Å². The summed E-state index contributed by atoms with van der Waals surface area (Å²) in [7, 11) is 0. The van der Waals surface area contributed by atoms with E-state index in [1.165, 1.54) is 0 Å². The normalized spacial score (nSPS) is 10.2. The lowest BCUT2D eigenvalue weighted by Gasteiger charge is -2.04. The number of hydrogen-bond donors (Lipinski definition) is 1. The fraction of sp³-hybridized carbons (Fsp3) is 0.0909. The average Bonchev–Trinajstić information content (AvgIpc) is 2.65. The van der Waals surface area contributed by atoms with Crippen LogP contribution >= 0.6 is 0 Å². The van der Waals surface area contributed by atoms with Crippen LogP contribution in [-0.2, 0) is 0 Å². The first kappa shape index (κ1) is 9.45. The number of hydrogen-bond acceptors (Lipinski definition) is 2. The Kier molecular flexibility index (Phi) is 2.25. The lowest BCUT2D eigenvalue weighted by Crippen LogP contribution is -1.98. The summed E-state index contributed by atoms with van der Waals surface area (Å²) in [6.45, 7) is 1.89. The lowest BCUT2D eigenvalue weighted by molar-refractivity contribution is 0.0697. The third kappa shape index (κ3) is 1.74. The molecule has 0 aliphatic rings. The highest BCUT2D eigenvalue weighted by molar-refractivity contribution is 5.87. The third-order valence-electron chi connectivity index (χ3n) is 2.22. The molecule has 0 aliphatic carbocycles. The Balaban J connectivity index is 2.40. The second kappa shape index (κ2) is 3.57. The van der Waals surface area contributed by atoms with E-state index in [0.29, 0.717) is 0 Å². The smallest absolute Gasteiger partial charge is 0.335 e. The highest BCUT2D eigenvalue weighted by atomic mass is 16.4. The van der Waals surface area contributed by atoms with Crippen LogP contribution in [0.4, 0.5) is 0 Å². The summed E-state index contributed by atoms with van der Waals surface area (Å²) in [4.78, 5) is 14.7. The van der Waals surface area contributed by atoms with Gasteiger partial charge in [0.1, 0.15) is 5.82 Å². The summed E-state index contributed by atoms with van der Waals surface area (Å²) in [6, 6.07) is 6.68. The van der Waals surface area contributed by atoms with Gasteiger partial charge in [-0.1, -0.05) is 0 Å². The predicted molar refractivity (Wildman–Crippen MR) is 55.3 cm³/mol. The summed E-state index contributed by atoms with van der Waals surface area (Å²) in [5.74, 6) is -0.0398. The molecule has 1 heterocycles. The zero-order valence-electron chi connectivity index (χ0n) is 8.21. The van der Waals surface area contributed by atoms with Crippen molar-refractivity contribution >= 4 is 5.97 Å². The van der Waals surface area contributed by atoms with Crippen LogP contribution in [0.25, 0.3) is 5.69 Å². The van der Waals surface area contributed by atoms with Crippen molar-refractivity contribution in [3.63, 3.8) is 0 Å². The molecule has 4 heteroatoms. The maximum atomic E-state index is 10.6. The predicted octanol–water partition coefficient (Wildman–Crippen LogP) is 1.88. The summed E-state index contributed by atoms with van der Waals surface area (Å²) in [6.07, 6.45) is 3.55. The number of imidazole rings is 1. The number of aromatic carboxylic acids is 1. The number of benzene rings is 1. The van der Waals surface area contributed by atoms with Crippen LogP contribution in [0.15, 0.2) is 36.7 Å². The fourth-order valence-corrected chi connectivity index (χ4v) is 1.42. The first-order valence-electron chi connectivity index (χ1n) is 4.52. The molecule has 15 heavy (non-hydrogen) atoms. The number of carboxylic acids is 1. The van der Waals surface area contributed by atoms with Gasteiger partial charge in [-0.3, -0.25) is 0 Å². The van der Waals surface area contributed by atoms with E-state index in [2.05, 4.69) is 4.98 Å². The second-order valence-corrected chi connectivity index (χ2v) is 3.20. The first-order chi connectivity index (χ1) is 7.18. The van der Waals surface area contributed by atoms with Crippen molar-refractivity contribution in [3.8, 4) is 5.69 Å². The molecule has 4 nitrogen and oxygen atoms in total. The molecule has 0 saturated heterocycles. The number of rotatable bonds is 2. The summed E-state index contributed by atoms with van der Waals surface area (Å²) in [5.41, 5.74) is 1.20. The zero-order valence-corrected chi connectivity index (χ0v) is 8.21. The van der Waals surface area contributed by atoms with Crippen LogP contribution < -0.4 is 0 Å². The first-order valence-corrected chi connectivity index (χ1v) is 4.52. The Hall–Kier alpha value is -2.10. The van der Waals surface area contributed by atoms with Gasteiger partial charge in [-0.2, -0.15) is 0 Å². The van der Waals surface area contributed by atoms with Crippen LogP contribution in [0.3, 0.4) is 0 Å². The van der Waals surface area contributed by atoms with E-state index in [-0.39, 0.29) is 5.56 Å². The molecule has 2 rings (SSSR count). The Morgan fingerprint density at radius 3 is 2.47 bits per heavy atom. The molecule has 0 radical (unpaired) electrons. The molecule has 76 valence electrons. The van der Waals surface area contributed by atoms with E-state index in [4.69, 9.17) is 5.11 Å². The highest BCUT2D eigenvalue weighted by Crippen LogP contribution is 2.11. The molecule has 0 saturated carbocycles. The van der Waals surface area contributed by atoms with Crippen molar-refractivity contribution in [2.24, 2.45) is 0 Å². The van der Waals surface area contributed by atoms with Gasteiger partial charge in [0.05, 0.1) is 5.56 Å². The van der Waals surface area contributed by atoms with Gasteiger partial charge in [0.25, 0.3) is 0 Å². The third-order valence-corrected chi connectivity index (χ3v) is 2.22. The molecule has 1 aromatic heterocycles. The van der Waals surface area contributed by atoms with Gasteiger partial charge in [0, 0.05) is 18.1 Å². The quantitative estimate of drug-likeness (QED) is 0.808. The van der Waals surface area contributed by atoms with Crippen molar-refractivity contribution < 1.29 is 9.90 Å². The number of aryl methyl sites for hydroxylation is 1. The molecule has 1 aromatic carbocycles. The van der Waals surface area contributed by atoms with E-state index in [0.717, 1.165) is 11.5 Å². The molecule has 0 spiro atoms. The maximum absolute atomic E-state index is 10.6. The number of aromatic nitrogens is 2. The molecule has 0 fully saturated rings. The van der Waals surface area contributed by atoms with Gasteiger partial charge >= 0.3 is 5.97 Å². The van der Waals surface area contributed by atoms with Crippen LogP contribution in [0.1, 0.15) is 16.2 Å². The topological polar surface area (TPSA) is 55.1 Å². The minimum absolute atomic E-state index is 0.288. The van der Waals surface area contributed by atoms with Gasteiger partial charge in [-0.15, -0.1) is 0 Å². The molecule has 2 aromatic rings. The Morgan fingerprint density at radius 2 is 2.00 bits per heavy atom. The van der Waals surface area contributed by atoms with E-state index in [1.54, 1.807) is 30.5 Å². The van der Waals surface area contributed by atoms with E-state index < -0.39 is 5.97 Å². The van der Waals surface area contributed by atoms with E-state index in [1.807, 2.05) is 17.7 Å². The Bertz CT molecular complexity index is 486. The molecule has 0 atom stereocenters. The van der Waals surface area contributed by atoms with Gasteiger partial charge in [-0.05, 0) is 31.2 Å². The van der Waals surface area contributed by atoms with Crippen molar-refractivity contribution in [1.29, 1.82) is 0 Å². The molecular formula is C11H10N2O2. The second-order valence-electron chi connectivity index (χ2n) is 3.20. The van der Waals surface area contributed by atoms with Crippen LogP contribution in [-0.4, -0.2) is 20.6 Å².